The normalized spacial score (nSPS) is 11.6. The van der Waals surface area contributed by atoms with Crippen LogP contribution in [0.4, 0.5) is 5.95 Å². The molecule has 35 heavy (non-hydrogen) atoms. The molecule has 0 saturated carbocycles. The molecule has 0 aliphatic heterocycles. The van der Waals surface area contributed by atoms with Crippen molar-refractivity contribution in [1.29, 1.82) is 0 Å². The minimum atomic E-state index is 0.690. The summed E-state index contributed by atoms with van der Waals surface area (Å²) in [6, 6.07) is 24.2. The molecule has 0 amide bonds. The zero-order chi connectivity index (χ0) is 23.8. The smallest absolute Gasteiger partial charge is 0.226 e. The number of fused-ring (bicyclic) bond motifs is 4. The van der Waals surface area contributed by atoms with E-state index in [1.54, 1.807) is 0 Å². The number of nitrogens with one attached hydrogen (secondary N) is 1. The van der Waals surface area contributed by atoms with E-state index in [-0.39, 0.29) is 0 Å². The Morgan fingerprint density at radius 2 is 1.60 bits per heavy atom. The van der Waals surface area contributed by atoms with Crippen molar-refractivity contribution in [3.8, 4) is 0 Å². The van der Waals surface area contributed by atoms with Gasteiger partial charge in [-0.05, 0) is 55.3 Å². The largest absolute Gasteiger partial charge is 0.354 e. The third-order valence-electron chi connectivity index (χ3n) is 6.24. The Balaban J connectivity index is 1.29. The number of imidazole rings is 1. The van der Waals surface area contributed by atoms with Gasteiger partial charge in [0.05, 0.1) is 16.6 Å². The highest BCUT2D eigenvalue weighted by Crippen LogP contribution is 2.22. The van der Waals surface area contributed by atoms with E-state index in [1.165, 1.54) is 5.56 Å². The zero-order valence-corrected chi connectivity index (χ0v) is 20.1. The SMILES string of the molecule is Cc1nc2ccccc2n1CCc1nc2c3ccccc3nc(NCCc3ccc(Cl)cc3)n2n1. The van der Waals surface area contributed by atoms with Gasteiger partial charge in [-0.25, -0.2) is 15.0 Å². The van der Waals surface area contributed by atoms with Crippen LogP contribution in [0.15, 0.2) is 72.8 Å². The van der Waals surface area contributed by atoms with Crippen LogP contribution in [-0.2, 0) is 19.4 Å². The molecule has 6 aromatic rings. The summed E-state index contributed by atoms with van der Waals surface area (Å²) in [5, 5.41) is 10.0. The standard InChI is InChI=1S/C27H24ClN7/c1-18-30-23-8-4-5-9-24(23)34(18)17-15-25-32-26-21-6-2-3-7-22(21)31-27(35(26)33-25)29-16-14-19-10-12-20(28)13-11-19/h2-13H,14-17H2,1H3,(H,29,31). The molecule has 0 aliphatic rings. The molecule has 1 N–H and O–H groups in total. The Morgan fingerprint density at radius 3 is 2.46 bits per heavy atom. The van der Waals surface area contributed by atoms with Crippen LogP contribution in [0.5, 0.6) is 0 Å². The van der Waals surface area contributed by atoms with Crippen LogP contribution < -0.4 is 5.32 Å². The number of rotatable bonds is 7. The summed E-state index contributed by atoms with van der Waals surface area (Å²) >= 11 is 6.01. The Hall–Kier alpha value is -3.97. The number of benzene rings is 3. The van der Waals surface area contributed by atoms with Gasteiger partial charge in [0.25, 0.3) is 0 Å². The fourth-order valence-electron chi connectivity index (χ4n) is 4.48. The average molecular weight is 482 g/mol. The summed E-state index contributed by atoms with van der Waals surface area (Å²) in [6.45, 7) is 3.52. The first kappa shape index (κ1) is 21.6. The van der Waals surface area contributed by atoms with Crippen molar-refractivity contribution in [3.05, 3.63) is 95.0 Å². The van der Waals surface area contributed by atoms with Gasteiger partial charge in [0.2, 0.25) is 5.95 Å². The van der Waals surface area contributed by atoms with Crippen molar-refractivity contribution in [2.24, 2.45) is 0 Å². The number of aryl methyl sites for hydroxylation is 3. The highest BCUT2D eigenvalue weighted by molar-refractivity contribution is 6.30. The molecule has 0 radical (unpaired) electrons. The third kappa shape index (κ3) is 4.19. The van der Waals surface area contributed by atoms with Crippen LogP contribution in [0.25, 0.3) is 27.6 Å². The molecule has 3 heterocycles. The molecule has 0 fully saturated rings. The molecule has 0 atom stereocenters. The minimum Gasteiger partial charge on any atom is -0.354 e. The first-order valence-electron chi connectivity index (χ1n) is 11.7. The van der Waals surface area contributed by atoms with Gasteiger partial charge in [-0.2, -0.15) is 4.52 Å². The van der Waals surface area contributed by atoms with Crippen molar-refractivity contribution in [2.45, 2.75) is 26.3 Å². The molecule has 0 aliphatic carbocycles. The van der Waals surface area contributed by atoms with Gasteiger partial charge in [0, 0.05) is 29.9 Å². The van der Waals surface area contributed by atoms with E-state index in [4.69, 9.17) is 26.7 Å². The highest BCUT2D eigenvalue weighted by atomic mass is 35.5. The van der Waals surface area contributed by atoms with Crippen LogP contribution in [0.1, 0.15) is 17.2 Å². The van der Waals surface area contributed by atoms with Gasteiger partial charge in [0.15, 0.2) is 11.5 Å². The van der Waals surface area contributed by atoms with Crippen molar-refractivity contribution in [1.82, 2.24) is 29.1 Å². The predicted octanol–water partition coefficient (Wildman–Crippen LogP) is 5.49. The van der Waals surface area contributed by atoms with E-state index in [0.717, 1.165) is 63.8 Å². The van der Waals surface area contributed by atoms with E-state index in [2.05, 4.69) is 20.9 Å². The number of nitrogens with zero attached hydrogens (tertiary/aromatic N) is 6. The molecular weight excluding hydrogens is 458 g/mol. The van der Waals surface area contributed by atoms with E-state index in [1.807, 2.05) is 78.2 Å². The van der Waals surface area contributed by atoms with Crippen LogP contribution in [0.2, 0.25) is 5.02 Å². The summed E-state index contributed by atoms with van der Waals surface area (Å²) in [7, 11) is 0. The lowest BCUT2D eigenvalue weighted by Crippen LogP contribution is -2.11. The molecular formula is C27H24ClN7. The maximum absolute atomic E-state index is 6.01. The summed E-state index contributed by atoms with van der Waals surface area (Å²) in [5.41, 5.74) is 5.05. The van der Waals surface area contributed by atoms with Crippen molar-refractivity contribution < 1.29 is 0 Å². The molecule has 3 aromatic heterocycles. The lowest BCUT2D eigenvalue weighted by molar-refractivity contribution is 0.667. The maximum atomic E-state index is 6.01. The Labute approximate surface area is 207 Å². The van der Waals surface area contributed by atoms with E-state index < -0.39 is 0 Å². The van der Waals surface area contributed by atoms with E-state index in [9.17, 15) is 0 Å². The van der Waals surface area contributed by atoms with Gasteiger partial charge in [0.1, 0.15) is 5.82 Å². The Kier molecular flexibility index (Phi) is 5.54. The number of para-hydroxylation sites is 3. The fourth-order valence-corrected chi connectivity index (χ4v) is 4.60. The van der Waals surface area contributed by atoms with E-state index in [0.29, 0.717) is 12.4 Å². The Bertz CT molecular complexity index is 1650. The lowest BCUT2D eigenvalue weighted by Gasteiger charge is -2.09. The first-order chi connectivity index (χ1) is 17.2. The molecule has 7 nitrogen and oxygen atoms in total. The molecule has 0 unspecified atom stereocenters. The molecule has 0 bridgehead atoms. The molecule has 3 aromatic carbocycles. The molecule has 174 valence electrons. The van der Waals surface area contributed by atoms with Gasteiger partial charge >= 0.3 is 0 Å². The highest BCUT2D eigenvalue weighted by Gasteiger charge is 2.14. The van der Waals surface area contributed by atoms with Crippen LogP contribution >= 0.6 is 11.6 Å². The first-order valence-corrected chi connectivity index (χ1v) is 12.1. The second kappa shape index (κ2) is 9.00. The molecule has 0 saturated heterocycles. The molecule has 6 rings (SSSR count). The maximum Gasteiger partial charge on any atom is 0.226 e. The summed E-state index contributed by atoms with van der Waals surface area (Å²) in [4.78, 5) is 14.4. The number of aromatic nitrogens is 6. The molecule has 8 heteroatoms. The second-order valence-corrected chi connectivity index (χ2v) is 9.01. The quantitative estimate of drug-likeness (QED) is 0.326. The van der Waals surface area contributed by atoms with Crippen LogP contribution in [-0.4, -0.2) is 35.7 Å². The van der Waals surface area contributed by atoms with Crippen molar-refractivity contribution in [2.75, 3.05) is 11.9 Å². The topological polar surface area (TPSA) is 72.9 Å². The summed E-state index contributed by atoms with van der Waals surface area (Å²) < 4.78 is 4.06. The third-order valence-corrected chi connectivity index (χ3v) is 6.49. The van der Waals surface area contributed by atoms with Crippen LogP contribution in [0, 0.1) is 6.92 Å². The zero-order valence-electron chi connectivity index (χ0n) is 19.3. The van der Waals surface area contributed by atoms with Crippen LogP contribution in [0.3, 0.4) is 0 Å². The Morgan fingerprint density at radius 1 is 0.829 bits per heavy atom. The summed E-state index contributed by atoms with van der Waals surface area (Å²) in [5.74, 6) is 2.46. The van der Waals surface area contributed by atoms with Gasteiger partial charge < -0.3 is 9.88 Å². The number of hydrogen-bond donors (Lipinski definition) is 1. The average Bonchev–Trinajstić information content (AvgIpc) is 3.44. The van der Waals surface area contributed by atoms with Gasteiger partial charge in [-0.1, -0.05) is 48.0 Å². The number of halogens is 1. The molecule has 0 spiro atoms. The lowest BCUT2D eigenvalue weighted by atomic mass is 10.1. The van der Waals surface area contributed by atoms with Gasteiger partial charge in [-0.15, -0.1) is 5.10 Å². The second-order valence-electron chi connectivity index (χ2n) is 8.57. The number of anilines is 1. The minimum absolute atomic E-state index is 0.690. The predicted molar refractivity (Wildman–Crippen MR) is 140 cm³/mol. The monoisotopic (exact) mass is 481 g/mol. The fraction of sp³-hybridized carbons (Fsp3) is 0.185. The van der Waals surface area contributed by atoms with Crippen molar-refractivity contribution >= 4 is 45.1 Å². The summed E-state index contributed by atoms with van der Waals surface area (Å²) in [6.07, 6.45) is 1.54. The van der Waals surface area contributed by atoms with Gasteiger partial charge in [-0.3, -0.25) is 0 Å². The number of hydrogen-bond acceptors (Lipinski definition) is 5. The van der Waals surface area contributed by atoms with Crippen molar-refractivity contribution in [3.63, 3.8) is 0 Å². The van der Waals surface area contributed by atoms with E-state index >= 15 is 0 Å².